The molecule has 0 spiro atoms. The Hall–Kier alpha value is -3.43. The van der Waals surface area contributed by atoms with Gasteiger partial charge in [-0.05, 0) is 47.8 Å². The van der Waals surface area contributed by atoms with Gasteiger partial charge >= 0.3 is 0 Å². The van der Waals surface area contributed by atoms with Crippen molar-refractivity contribution in [1.29, 1.82) is 0 Å². The number of halogens is 1. The molecule has 2 heterocycles. The smallest absolute Gasteiger partial charge is 0.211 e. The third kappa shape index (κ3) is 4.58. The summed E-state index contributed by atoms with van der Waals surface area (Å²) in [5, 5.41) is 8.63. The molecule has 0 N–H and O–H groups in total. The van der Waals surface area contributed by atoms with Gasteiger partial charge in [0.25, 0.3) is 0 Å². The van der Waals surface area contributed by atoms with Crippen molar-refractivity contribution in [2.45, 2.75) is 0 Å². The molecule has 0 aliphatic heterocycles. The zero-order valence-electron chi connectivity index (χ0n) is 17.6. The van der Waals surface area contributed by atoms with Gasteiger partial charge in [0.15, 0.2) is 11.5 Å². The average molecular weight is 470 g/mol. The van der Waals surface area contributed by atoms with Crippen molar-refractivity contribution in [2.75, 3.05) is 21.3 Å². The lowest BCUT2D eigenvalue weighted by Crippen LogP contribution is -2.11. The van der Waals surface area contributed by atoms with Crippen molar-refractivity contribution in [3.05, 3.63) is 74.8 Å². The Kier molecular flexibility index (Phi) is 6.67. The van der Waals surface area contributed by atoms with E-state index >= 15 is 0 Å². The Bertz CT molecular complexity index is 1270. The van der Waals surface area contributed by atoms with Crippen molar-refractivity contribution in [3.63, 3.8) is 0 Å². The summed E-state index contributed by atoms with van der Waals surface area (Å²) in [6.45, 7) is 0. The van der Waals surface area contributed by atoms with Crippen LogP contribution in [0, 0.1) is 5.82 Å². The van der Waals surface area contributed by atoms with Gasteiger partial charge in [0.1, 0.15) is 5.82 Å². The number of hydrogen-bond acceptors (Lipinski definition) is 7. The summed E-state index contributed by atoms with van der Waals surface area (Å²) in [6, 6.07) is 13.7. The lowest BCUT2D eigenvalue weighted by atomic mass is 10.1. The zero-order valence-corrected chi connectivity index (χ0v) is 19.2. The van der Waals surface area contributed by atoms with Crippen LogP contribution in [-0.4, -0.2) is 32.2 Å². The molecule has 0 radical (unpaired) electrons. The van der Waals surface area contributed by atoms with Crippen molar-refractivity contribution < 1.29 is 18.6 Å². The minimum absolute atomic E-state index is 0.308. The lowest BCUT2D eigenvalue weighted by molar-refractivity contribution is 0.324. The van der Waals surface area contributed by atoms with E-state index in [0.29, 0.717) is 27.7 Å². The van der Waals surface area contributed by atoms with E-state index in [9.17, 15) is 4.39 Å². The van der Waals surface area contributed by atoms with Gasteiger partial charge in [0.2, 0.25) is 10.6 Å². The van der Waals surface area contributed by atoms with E-state index in [2.05, 4.69) is 10.1 Å². The van der Waals surface area contributed by atoms with Crippen LogP contribution in [0.5, 0.6) is 17.2 Å². The molecule has 0 saturated heterocycles. The van der Waals surface area contributed by atoms with E-state index in [1.54, 1.807) is 55.7 Å². The van der Waals surface area contributed by atoms with Gasteiger partial charge in [0.05, 0.1) is 38.9 Å². The maximum Gasteiger partial charge on any atom is 0.211 e. The Morgan fingerprint density at radius 3 is 2.25 bits per heavy atom. The fourth-order valence-corrected chi connectivity index (χ4v) is 4.46. The molecule has 4 rings (SSSR count). The van der Waals surface area contributed by atoms with Crippen LogP contribution in [0.1, 0.15) is 4.88 Å². The third-order valence-corrected chi connectivity index (χ3v) is 6.16. The summed E-state index contributed by atoms with van der Waals surface area (Å²) in [6.07, 6.45) is 1.78. The highest BCUT2D eigenvalue weighted by Crippen LogP contribution is 2.41. The predicted molar refractivity (Wildman–Crippen MR) is 126 cm³/mol. The number of rotatable bonds is 7. The van der Waals surface area contributed by atoms with Crippen LogP contribution in [0.15, 0.2) is 69.4 Å². The van der Waals surface area contributed by atoms with Gasteiger partial charge in [-0.15, -0.1) is 22.7 Å². The third-order valence-electron chi connectivity index (χ3n) is 4.54. The quantitative estimate of drug-likeness (QED) is 0.333. The summed E-state index contributed by atoms with van der Waals surface area (Å²) in [7, 11) is 4.72. The standard InChI is InChI=1S/C23H20FN3O3S2/c1-28-20-11-15(12-21(29-2)22(20)30-3)19-14-32-23(26-17-8-6-16(24)7-9-17)27(19)25-13-18-5-4-10-31-18/h4-14H,1-3H3. The van der Waals surface area contributed by atoms with Crippen LogP contribution >= 0.6 is 22.7 Å². The summed E-state index contributed by atoms with van der Waals surface area (Å²) < 4.78 is 31.5. The van der Waals surface area contributed by atoms with Crippen LogP contribution in [0.25, 0.3) is 11.3 Å². The van der Waals surface area contributed by atoms with E-state index < -0.39 is 0 Å². The molecule has 0 bridgehead atoms. The highest BCUT2D eigenvalue weighted by atomic mass is 32.1. The molecule has 0 fully saturated rings. The topological polar surface area (TPSA) is 57.3 Å². The maximum absolute atomic E-state index is 13.3. The molecule has 0 amide bonds. The number of ether oxygens (including phenoxy) is 3. The molecule has 0 saturated carbocycles. The number of nitrogens with zero attached hydrogens (tertiary/aromatic N) is 3. The molecule has 0 atom stereocenters. The monoisotopic (exact) mass is 469 g/mol. The summed E-state index contributed by atoms with van der Waals surface area (Å²) in [4.78, 5) is 6.30. The first-order valence-corrected chi connectivity index (χ1v) is 11.3. The molecule has 2 aromatic carbocycles. The zero-order chi connectivity index (χ0) is 22.5. The maximum atomic E-state index is 13.3. The number of thiophene rings is 1. The summed E-state index contributed by atoms with van der Waals surface area (Å²) >= 11 is 3.01. The molecular formula is C23H20FN3O3S2. The molecule has 32 heavy (non-hydrogen) atoms. The predicted octanol–water partition coefficient (Wildman–Crippen LogP) is 5.56. The number of benzene rings is 2. The number of methoxy groups -OCH3 is 3. The molecule has 0 unspecified atom stereocenters. The number of aromatic nitrogens is 1. The van der Waals surface area contributed by atoms with Crippen molar-refractivity contribution in [3.8, 4) is 28.5 Å². The van der Waals surface area contributed by atoms with Crippen LogP contribution in [-0.2, 0) is 0 Å². The van der Waals surface area contributed by atoms with Gasteiger partial charge in [-0.2, -0.15) is 5.10 Å². The Morgan fingerprint density at radius 1 is 0.938 bits per heavy atom. The highest BCUT2D eigenvalue weighted by molar-refractivity contribution is 7.11. The Labute approximate surface area is 192 Å². The van der Waals surface area contributed by atoms with E-state index in [1.165, 1.54) is 23.5 Å². The van der Waals surface area contributed by atoms with Gasteiger partial charge in [-0.25, -0.2) is 14.1 Å². The molecule has 2 aromatic heterocycles. The van der Waals surface area contributed by atoms with Gasteiger partial charge in [-0.3, -0.25) is 0 Å². The number of thiazole rings is 1. The van der Waals surface area contributed by atoms with E-state index in [1.807, 2.05) is 35.0 Å². The fraction of sp³-hybridized carbons (Fsp3) is 0.130. The SMILES string of the molecule is COc1cc(-c2csc(=Nc3ccc(F)cc3)n2N=Cc2cccs2)cc(OC)c1OC. The van der Waals surface area contributed by atoms with Gasteiger partial charge in [-0.1, -0.05) is 6.07 Å². The van der Waals surface area contributed by atoms with Gasteiger partial charge in [0, 0.05) is 15.8 Å². The van der Waals surface area contributed by atoms with Crippen molar-refractivity contribution in [1.82, 2.24) is 4.68 Å². The van der Waals surface area contributed by atoms with E-state index in [0.717, 1.165) is 16.1 Å². The lowest BCUT2D eigenvalue weighted by Gasteiger charge is -2.14. The van der Waals surface area contributed by atoms with Gasteiger partial charge < -0.3 is 14.2 Å². The van der Waals surface area contributed by atoms with Crippen molar-refractivity contribution >= 4 is 34.6 Å². The molecule has 0 aliphatic rings. The van der Waals surface area contributed by atoms with Crippen LogP contribution < -0.4 is 19.0 Å². The first-order chi connectivity index (χ1) is 15.6. The highest BCUT2D eigenvalue weighted by Gasteiger charge is 2.17. The normalized spacial score (nSPS) is 11.8. The Balaban J connectivity index is 1.89. The molecule has 0 aliphatic carbocycles. The van der Waals surface area contributed by atoms with Crippen LogP contribution in [0.4, 0.5) is 10.1 Å². The van der Waals surface area contributed by atoms with E-state index in [-0.39, 0.29) is 5.82 Å². The molecule has 164 valence electrons. The van der Waals surface area contributed by atoms with Crippen molar-refractivity contribution in [2.24, 2.45) is 10.1 Å². The summed E-state index contributed by atoms with van der Waals surface area (Å²) in [5.74, 6) is 1.29. The molecule has 6 nitrogen and oxygen atoms in total. The molecule has 9 heteroatoms. The first-order valence-electron chi connectivity index (χ1n) is 9.52. The first kappa shape index (κ1) is 21.8. The Morgan fingerprint density at radius 2 is 1.66 bits per heavy atom. The minimum atomic E-state index is -0.308. The fourth-order valence-electron chi connectivity index (χ4n) is 3.02. The second-order valence-corrected chi connectivity index (χ2v) is 8.29. The van der Waals surface area contributed by atoms with Crippen LogP contribution in [0.3, 0.4) is 0 Å². The largest absolute Gasteiger partial charge is 0.493 e. The minimum Gasteiger partial charge on any atom is -0.493 e. The summed E-state index contributed by atoms with van der Waals surface area (Å²) in [5.41, 5.74) is 2.24. The molecular weight excluding hydrogens is 449 g/mol. The second-order valence-electron chi connectivity index (χ2n) is 6.48. The average Bonchev–Trinajstić information content (AvgIpc) is 3.48. The molecule has 4 aromatic rings. The van der Waals surface area contributed by atoms with Crippen LogP contribution in [0.2, 0.25) is 0 Å². The second kappa shape index (κ2) is 9.80. The number of hydrogen-bond donors (Lipinski definition) is 0. The van der Waals surface area contributed by atoms with E-state index in [4.69, 9.17) is 14.2 Å².